The second-order valence-electron chi connectivity index (χ2n) is 4.80. The summed E-state index contributed by atoms with van der Waals surface area (Å²) in [5.74, 6) is 0.860. The van der Waals surface area contributed by atoms with Gasteiger partial charge >= 0.3 is 0 Å². The molecule has 1 rings (SSSR count). The Kier molecular flexibility index (Phi) is 3.57. The number of aliphatic hydroxyl groups excluding tert-OH is 1. The SMILES string of the molecule is CC(C)(CCO)C1CCCCC1. The average molecular weight is 170 g/mol. The van der Waals surface area contributed by atoms with Gasteiger partial charge in [0.25, 0.3) is 0 Å². The van der Waals surface area contributed by atoms with Crippen LogP contribution in [0.1, 0.15) is 52.4 Å². The van der Waals surface area contributed by atoms with Crippen LogP contribution in [0.25, 0.3) is 0 Å². The van der Waals surface area contributed by atoms with Crippen molar-refractivity contribution in [3.8, 4) is 0 Å². The van der Waals surface area contributed by atoms with Crippen LogP contribution in [0.3, 0.4) is 0 Å². The smallest absolute Gasteiger partial charge is 0.0436 e. The molecule has 1 fully saturated rings. The highest BCUT2D eigenvalue weighted by Gasteiger charge is 2.29. The van der Waals surface area contributed by atoms with Crippen LogP contribution in [-0.4, -0.2) is 11.7 Å². The van der Waals surface area contributed by atoms with Gasteiger partial charge in [0.05, 0.1) is 0 Å². The average Bonchev–Trinajstić information content (AvgIpc) is 2.06. The van der Waals surface area contributed by atoms with Crippen molar-refractivity contribution >= 4 is 0 Å². The summed E-state index contributed by atoms with van der Waals surface area (Å²) in [4.78, 5) is 0. The maximum atomic E-state index is 8.93. The minimum absolute atomic E-state index is 0.351. The molecule has 1 N–H and O–H groups in total. The number of hydrogen-bond donors (Lipinski definition) is 1. The van der Waals surface area contributed by atoms with Crippen molar-refractivity contribution in [3.63, 3.8) is 0 Å². The summed E-state index contributed by atoms with van der Waals surface area (Å²) in [6.45, 7) is 4.96. The lowest BCUT2D eigenvalue weighted by Gasteiger charge is -2.36. The highest BCUT2D eigenvalue weighted by atomic mass is 16.3. The lowest BCUT2D eigenvalue weighted by molar-refractivity contribution is 0.114. The molecule has 0 unspecified atom stereocenters. The highest BCUT2D eigenvalue weighted by molar-refractivity contribution is 4.80. The van der Waals surface area contributed by atoms with E-state index in [-0.39, 0.29) is 0 Å². The molecule has 0 aromatic rings. The minimum Gasteiger partial charge on any atom is -0.396 e. The fourth-order valence-corrected chi connectivity index (χ4v) is 2.38. The van der Waals surface area contributed by atoms with Gasteiger partial charge in [-0.1, -0.05) is 33.1 Å². The lowest BCUT2D eigenvalue weighted by atomic mass is 9.69. The summed E-state index contributed by atoms with van der Waals surface area (Å²) in [6, 6.07) is 0. The molecule has 0 heterocycles. The summed E-state index contributed by atoms with van der Waals surface area (Å²) in [5, 5.41) is 8.93. The van der Waals surface area contributed by atoms with E-state index in [2.05, 4.69) is 13.8 Å². The van der Waals surface area contributed by atoms with Crippen molar-refractivity contribution in [2.24, 2.45) is 11.3 Å². The number of hydrogen-bond acceptors (Lipinski definition) is 1. The van der Waals surface area contributed by atoms with Crippen LogP contribution in [0.5, 0.6) is 0 Å². The van der Waals surface area contributed by atoms with E-state index in [1.54, 1.807) is 0 Å². The van der Waals surface area contributed by atoms with Gasteiger partial charge in [0, 0.05) is 6.61 Å². The van der Waals surface area contributed by atoms with E-state index in [0.29, 0.717) is 12.0 Å². The van der Waals surface area contributed by atoms with E-state index in [1.807, 2.05) is 0 Å². The number of rotatable bonds is 3. The minimum atomic E-state index is 0.351. The first kappa shape index (κ1) is 10.0. The van der Waals surface area contributed by atoms with Crippen molar-refractivity contribution in [2.75, 3.05) is 6.61 Å². The fraction of sp³-hybridized carbons (Fsp3) is 1.00. The van der Waals surface area contributed by atoms with Gasteiger partial charge in [0.2, 0.25) is 0 Å². The molecule has 0 bridgehead atoms. The Morgan fingerprint density at radius 3 is 2.25 bits per heavy atom. The van der Waals surface area contributed by atoms with Gasteiger partial charge in [-0.15, -0.1) is 0 Å². The largest absolute Gasteiger partial charge is 0.396 e. The van der Waals surface area contributed by atoms with Crippen molar-refractivity contribution in [1.82, 2.24) is 0 Å². The normalized spacial score (nSPS) is 21.2. The van der Waals surface area contributed by atoms with Gasteiger partial charge in [-0.3, -0.25) is 0 Å². The Bertz CT molecular complexity index is 123. The van der Waals surface area contributed by atoms with Gasteiger partial charge in [-0.25, -0.2) is 0 Å². The molecule has 0 radical (unpaired) electrons. The molecule has 0 saturated heterocycles. The summed E-state index contributed by atoms with van der Waals surface area (Å²) >= 11 is 0. The molecule has 0 aliphatic heterocycles. The molecule has 0 atom stereocenters. The van der Waals surface area contributed by atoms with Gasteiger partial charge in [0.15, 0.2) is 0 Å². The topological polar surface area (TPSA) is 20.2 Å². The Hall–Kier alpha value is -0.0400. The predicted octanol–water partition coefficient (Wildman–Crippen LogP) is 2.98. The molecular weight excluding hydrogens is 148 g/mol. The van der Waals surface area contributed by atoms with Crippen LogP contribution in [0.4, 0.5) is 0 Å². The summed E-state index contributed by atoms with van der Waals surface area (Å²) in [5.41, 5.74) is 0.370. The Balaban J connectivity index is 2.41. The van der Waals surface area contributed by atoms with Crippen molar-refractivity contribution in [1.29, 1.82) is 0 Å². The lowest BCUT2D eigenvalue weighted by Crippen LogP contribution is -2.27. The third-order valence-electron chi connectivity index (χ3n) is 3.47. The van der Waals surface area contributed by atoms with Gasteiger partial charge in [-0.2, -0.15) is 0 Å². The first-order valence-corrected chi connectivity index (χ1v) is 5.27. The van der Waals surface area contributed by atoms with E-state index < -0.39 is 0 Å². The zero-order valence-corrected chi connectivity index (χ0v) is 8.47. The molecule has 1 heteroatoms. The predicted molar refractivity (Wildman–Crippen MR) is 52.1 cm³/mol. The van der Waals surface area contributed by atoms with Gasteiger partial charge < -0.3 is 5.11 Å². The standard InChI is InChI=1S/C11H22O/c1-11(2,8-9-12)10-6-4-3-5-7-10/h10,12H,3-9H2,1-2H3. The zero-order valence-electron chi connectivity index (χ0n) is 8.47. The molecule has 1 aliphatic carbocycles. The van der Waals surface area contributed by atoms with E-state index in [0.717, 1.165) is 12.3 Å². The Labute approximate surface area is 76.2 Å². The second-order valence-corrected chi connectivity index (χ2v) is 4.80. The molecule has 1 aliphatic rings. The van der Waals surface area contributed by atoms with Crippen LogP contribution in [0.2, 0.25) is 0 Å². The molecular formula is C11H22O. The molecule has 0 aromatic carbocycles. The van der Waals surface area contributed by atoms with E-state index >= 15 is 0 Å². The third kappa shape index (κ3) is 2.48. The van der Waals surface area contributed by atoms with Crippen LogP contribution in [0, 0.1) is 11.3 Å². The zero-order chi connectivity index (χ0) is 9.03. The second kappa shape index (κ2) is 4.27. The van der Waals surface area contributed by atoms with Crippen molar-refractivity contribution in [2.45, 2.75) is 52.4 Å². The Morgan fingerprint density at radius 2 is 1.75 bits per heavy atom. The third-order valence-corrected chi connectivity index (χ3v) is 3.47. The van der Waals surface area contributed by atoms with Crippen LogP contribution < -0.4 is 0 Å². The monoisotopic (exact) mass is 170 g/mol. The molecule has 1 saturated carbocycles. The quantitative estimate of drug-likeness (QED) is 0.690. The fourth-order valence-electron chi connectivity index (χ4n) is 2.38. The van der Waals surface area contributed by atoms with E-state index in [9.17, 15) is 0 Å². The van der Waals surface area contributed by atoms with E-state index in [4.69, 9.17) is 5.11 Å². The summed E-state index contributed by atoms with van der Waals surface area (Å²) in [7, 11) is 0. The molecule has 12 heavy (non-hydrogen) atoms. The van der Waals surface area contributed by atoms with Gasteiger partial charge in [-0.05, 0) is 30.6 Å². The van der Waals surface area contributed by atoms with Crippen LogP contribution in [0.15, 0.2) is 0 Å². The Morgan fingerprint density at radius 1 is 1.17 bits per heavy atom. The van der Waals surface area contributed by atoms with Crippen LogP contribution in [-0.2, 0) is 0 Å². The molecule has 1 nitrogen and oxygen atoms in total. The first-order chi connectivity index (χ1) is 5.67. The van der Waals surface area contributed by atoms with Crippen LogP contribution >= 0.6 is 0 Å². The molecule has 0 spiro atoms. The summed E-state index contributed by atoms with van der Waals surface area (Å²) in [6.07, 6.45) is 7.96. The summed E-state index contributed by atoms with van der Waals surface area (Å²) < 4.78 is 0. The highest BCUT2D eigenvalue weighted by Crippen LogP contribution is 2.40. The van der Waals surface area contributed by atoms with Crippen molar-refractivity contribution in [3.05, 3.63) is 0 Å². The van der Waals surface area contributed by atoms with E-state index in [1.165, 1.54) is 32.1 Å². The maximum absolute atomic E-state index is 8.93. The molecule has 0 aromatic heterocycles. The maximum Gasteiger partial charge on any atom is 0.0436 e. The van der Waals surface area contributed by atoms with Gasteiger partial charge in [0.1, 0.15) is 0 Å². The molecule has 72 valence electrons. The molecule has 0 amide bonds. The first-order valence-electron chi connectivity index (χ1n) is 5.27. The number of aliphatic hydroxyl groups is 1. The van der Waals surface area contributed by atoms with Crippen molar-refractivity contribution < 1.29 is 5.11 Å².